The number of nitrogens with one attached hydrogen (secondary N) is 1. The van der Waals surface area contributed by atoms with Gasteiger partial charge in [-0.25, -0.2) is 8.70 Å². The summed E-state index contributed by atoms with van der Waals surface area (Å²) in [5.41, 5.74) is 1.18. The van der Waals surface area contributed by atoms with Gasteiger partial charge in [0, 0.05) is 38.6 Å². The molecule has 0 bridgehead atoms. The fourth-order valence-electron chi connectivity index (χ4n) is 4.03. The molecule has 208 valence electrons. The third kappa shape index (κ3) is 7.78. The highest BCUT2D eigenvalue weighted by Gasteiger charge is 2.35. The van der Waals surface area contributed by atoms with E-state index in [1.807, 2.05) is 30.3 Å². The molecule has 1 N–H and O–H groups in total. The molecule has 0 heterocycles. The van der Waals surface area contributed by atoms with Crippen molar-refractivity contribution in [1.29, 1.82) is 0 Å². The van der Waals surface area contributed by atoms with Gasteiger partial charge in [0.05, 0.1) is 5.69 Å². The average Bonchev–Trinajstić information content (AvgIpc) is 2.90. The van der Waals surface area contributed by atoms with E-state index in [4.69, 9.17) is 11.6 Å². The van der Waals surface area contributed by atoms with Crippen LogP contribution in [0.2, 0.25) is 5.02 Å². The Morgan fingerprint density at radius 1 is 0.949 bits per heavy atom. The molecule has 0 aliphatic rings. The number of benzene rings is 3. The van der Waals surface area contributed by atoms with Crippen LogP contribution in [-0.4, -0.2) is 62.7 Å². The number of para-hydroxylation sites is 1. The second-order valence-electron chi connectivity index (χ2n) is 9.00. The number of carbonyl (C=O) groups is 2. The molecule has 0 saturated carbocycles. The number of carbonyl (C=O) groups excluding carboxylic acids is 2. The predicted octanol–water partition coefficient (Wildman–Crippen LogP) is 3.87. The Morgan fingerprint density at radius 3 is 2.21 bits per heavy atom. The molecule has 1 atom stereocenters. The Kier molecular flexibility index (Phi) is 10.4. The van der Waals surface area contributed by atoms with E-state index in [-0.39, 0.29) is 18.7 Å². The van der Waals surface area contributed by atoms with Crippen LogP contribution in [0.15, 0.2) is 78.9 Å². The monoisotopic (exact) mass is 574 g/mol. The second kappa shape index (κ2) is 13.5. The lowest BCUT2D eigenvalue weighted by Gasteiger charge is -2.34. The maximum absolute atomic E-state index is 14.8. The SMILES string of the molecule is CCNC(=O)[C@H](Cc1ccccc1)N(Cc1cccc(Cl)c1)C(=O)CN(c1ccccc1F)S(=O)(=O)N(C)C. The number of nitrogens with zero attached hydrogens (tertiary/aromatic N) is 3. The minimum Gasteiger partial charge on any atom is -0.355 e. The molecule has 0 radical (unpaired) electrons. The van der Waals surface area contributed by atoms with Crippen molar-refractivity contribution in [3.05, 3.63) is 101 Å². The zero-order valence-electron chi connectivity index (χ0n) is 22.1. The van der Waals surface area contributed by atoms with Crippen molar-refractivity contribution in [3.8, 4) is 0 Å². The van der Waals surface area contributed by atoms with E-state index >= 15 is 0 Å². The molecule has 0 unspecified atom stereocenters. The largest absolute Gasteiger partial charge is 0.355 e. The number of anilines is 1. The number of halogens is 2. The van der Waals surface area contributed by atoms with Crippen molar-refractivity contribution in [1.82, 2.24) is 14.5 Å². The Labute approximate surface area is 234 Å². The summed E-state index contributed by atoms with van der Waals surface area (Å²) in [6.07, 6.45) is 0.180. The van der Waals surface area contributed by atoms with Crippen LogP contribution in [0.5, 0.6) is 0 Å². The summed E-state index contributed by atoms with van der Waals surface area (Å²) in [6.45, 7) is 1.34. The van der Waals surface area contributed by atoms with Gasteiger partial charge < -0.3 is 10.2 Å². The topological polar surface area (TPSA) is 90.0 Å². The lowest BCUT2D eigenvalue weighted by molar-refractivity contribution is -0.140. The molecule has 0 fully saturated rings. The average molecular weight is 575 g/mol. The van der Waals surface area contributed by atoms with E-state index in [0.29, 0.717) is 21.4 Å². The number of rotatable bonds is 12. The Bertz CT molecular complexity index is 1390. The van der Waals surface area contributed by atoms with Crippen LogP contribution >= 0.6 is 11.6 Å². The van der Waals surface area contributed by atoms with Crippen molar-refractivity contribution in [2.45, 2.75) is 25.9 Å². The first-order valence-electron chi connectivity index (χ1n) is 12.3. The lowest BCUT2D eigenvalue weighted by Crippen LogP contribution is -2.54. The van der Waals surface area contributed by atoms with E-state index in [2.05, 4.69) is 5.32 Å². The fourth-order valence-corrected chi connectivity index (χ4v) is 5.31. The van der Waals surface area contributed by atoms with E-state index in [0.717, 1.165) is 15.9 Å². The molecule has 0 aromatic heterocycles. The van der Waals surface area contributed by atoms with Gasteiger partial charge in [0.1, 0.15) is 18.4 Å². The molecule has 3 aromatic carbocycles. The van der Waals surface area contributed by atoms with Crippen molar-refractivity contribution in [3.63, 3.8) is 0 Å². The molecule has 0 aliphatic carbocycles. The van der Waals surface area contributed by atoms with Gasteiger partial charge in [0.2, 0.25) is 11.8 Å². The first-order chi connectivity index (χ1) is 18.5. The zero-order valence-corrected chi connectivity index (χ0v) is 23.6. The van der Waals surface area contributed by atoms with Crippen LogP contribution < -0.4 is 9.62 Å². The van der Waals surface area contributed by atoms with Crippen molar-refractivity contribution >= 4 is 39.3 Å². The van der Waals surface area contributed by atoms with E-state index in [9.17, 15) is 22.4 Å². The minimum atomic E-state index is -4.28. The minimum absolute atomic E-state index is 0.0266. The summed E-state index contributed by atoms with van der Waals surface area (Å²) in [6, 6.07) is 20.4. The van der Waals surface area contributed by atoms with Crippen molar-refractivity contribution in [2.24, 2.45) is 0 Å². The molecule has 39 heavy (non-hydrogen) atoms. The summed E-state index contributed by atoms with van der Waals surface area (Å²) in [5.74, 6) is -1.89. The third-order valence-corrected chi connectivity index (χ3v) is 8.04. The summed E-state index contributed by atoms with van der Waals surface area (Å²) in [4.78, 5) is 28.7. The first kappa shape index (κ1) is 30.1. The maximum atomic E-state index is 14.8. The van der Waals surface area contributed by atoms with Gasteiger partial charge >= 0.3 is 10.2 Å². The highest BCUT2D eigenvalue weighted by molar-refractivity contribution is 7.90. The number of likely N-dealkylation sites (N-methyl/N-ethyl adjacent to an activating group) is 1. The smallest absolute Gasteiger partial charge is 0.304 e. The highest BCUT2D eigenvalue weighted by atomic mass is 35.5. The predicted molar refractivity (Wildman–Crippen MR) is 151 cm³/mol. The van der Waals surface area contributed by atoms with Crippen LogP contribution in [-0.2, 0) is 32.8 Å². The van der Waals surface area contributed by atoms with Gasteiger partial charge in [-0.2, -0.15) is 12.7 Å². The van der Waals surface area contributed by atoms with E-state index in [1.54, 1.807) is 31.2 Å². The highest BCUT2D eigenvalue weighted by Crippen LogP contribution is 2.24. The quantitative estimate of drug-likeness (QED) is 0.356. The Hall–Kier alpha value is -3.47. The summed E-state index contributed by atoms with van der Waals surface area (Å²) < 4.78 is 43.0. The van der Waals surface area contributed by atoms with Crippen LogP contribution in [0, 0.1) is 5.82 Å². The molecule has 3 rings (SSSR count). The van der Waals surface area contributed by atoms with Gasteiger partial charge in [0.25, 0.3) is 0 Å². The van der Waals surface area contributed by atoms with Crippen molar-refractivity contribution in [2.75, 3.05) is 31.5 Å². The van der Waals surface area contributed by atoms with Gasteiger partial charge in [-0.1, -0.05) is 66.2 Å². The van der Waals surface area contributed by atoms with E-state index in [1.165, 1.54) is 37.2 Å². The van der Waals surface area contributed by atoms with E-state index < -0.39 is 40.4 Å². The Balaban J connectivity index is 2.09. The maximum Gasteiger partial charge on any atom is 0.304 e. The molecule has 8 nitrogen and oxygen atoms in total. The normalized spacial score (nSPS) is 12.2. The Morgan fingerprint density at radius 2 is 1.59 bits per heavy atom. The third-order valence-electron chi connectivity index (χ3n) is 6.00. The number of hydrogen-bond acceptors (Lipinski definition) is 4. The van der Waals surface area contributed by atoms with Crippen molar-refractivity contribution < 1.29 is 22.4 Å². The molecular formula is C28H32ClFN4O4S. The summed E-state index contributed by atoms with van der Waals surface area (Å²) in [5, 5.41) is 3.23. The zero-order chi connectivity index (χ0) is 28.6. The summed E-state index contributed by atoms with van der Waals surface area (Å²) in [7, 11) is -1.69. The van der Waals surface area contributed by atoms with Crippen LogP contribution in [0.3, 0.4) is 0 Å². The number of amides is 2. The van der Waals surface area contributed by atoms with Gasteiger partial charge in [-0.3, -0.25) is 9.59 Å². The molecule has 11 heteroatoms. The number of hydrogen-bond donors (Lipinski definition) is 1. The first-order valence-corrected chi connectivity index (χ1v) is 14.1. The molecule has 0 spiro atoms. The van der Waals surface area contributed by atoms with Crippen LogP contribution in [0.1, 0.15) is 18.1 Å². The molecule has 2 amide bonds. The van der Waals surface area contributed by atoms with Gasteiger partial charge in [-0.05, 0) is 42.3 Å². The summed E-state index contributed by atoms with van der Waals surface area (Å²) >= 11 is 6.19. The second-order valence-corrected chi connectivity index (χ2v) is 11.5. The molecule has 0 aliphatic heterocycles. The van der Waals surface area contributed by atoms with Crippen LogP contribution in [0.4, 0.5) is 10.1 Å². The molecule has 3 aromatic rings. The molecular weight excluding hydrogens is 543 g/mol. The standard InChI is InChI=1S/C28H32ClFN4O4S/c1-4-31-28(36)26(18-21-11-6-5-7-12-21)33(19-22-13-10-14-23(29)17-22)27(35)20-34(39(37,38)32(2)3)25-16-9-8-15-24(25)30/h5-17,26H,4,18-20H2,1-3H3,(H,31,36)/t26-/m0/s1. The van der Waals surface area contributed by atoms with Crippen LogP contribution in [0.25, 0.3) is 0 Å². The molecule has 0 saturated heterocycles. The van der Waals surface area contributed by atoms with Gasteiger partial charge in [-0.15, -0.1) is 0 Å². The van der Waals surface area contributed by atoms with Gasteiger partial charge in [0.15, 0.2) is 0 Å². The fraction of sp³-hybridized carbons (Fsp3) is 0.286. The lowest BCUT2D eigenvalue weighted by atomic mass is 10.0.